The van der Waals surface area contributed by atoms with Crippen molar-refractivity contribution in [2.24, 2.45) is 0 Å². The average molecular weight is 598 g/mol. The van der Waals surface area contributed by atoms with Crippen molar-refractivity contribution in [3.8, 4) is 5.75 Å². The van der Waals surface area contributed by atoms with E-state index in [2.05, 4.69) is 5.32 Å². The van der Waals surface area contributed by atoms with Gasteiger partial charge in [-0.15, -0.1) is 0 Å². The molecule has 0 aliphatic heterocycles. The zero-order chi connectivity index (χ0) is 30.5. The van der Waals surface area contributed by atoms with Gasteiger partial charge in [0.15, 0.2) is 0 Å². The molecule has 1 N–H and O–H groups in total. The molecule has 1 atom stereocenters. The van der Waals surface area contributed by atoms with Crippen molar-refractivity contribution in [2.75, 3.05) is 30.8 Å². The molecule has 0 unspecified atom stereocenters. The maximum absolute atomic E-state index is 13.8. The lowest BCUT2D eigenvalue weighted by Gasteiger charge is -2.32. The van der Waals surface area contributed by atoms with E-state index in [0.29, 0.717) is 30.0 Å². The Bertz CT molecular complexity index is 1400. The Morgan fingerprint density at radius 3 is 2.31 bits per heavy atom. The molecule has 3 rings (SSSR count). The molecule has 0 radical (unpaired) electrons. The van der Waals surface area contributed by atoms with E-state index in [1.165, 1.54) is 28.4 Å². The summed E-state index contributed by atoms with van der Waals surface area (Å²) in [5.41, 5.74) is 2.01. The fourth-order valence-corrected chi connectivity index (χ4v) is 5.57. The second kappa shape index (κ2) is 15.9. The molecule has 0 fully saturated rings. The largest absolute Gasteiger partial charge is 0.497 e. The minimum atomic E-state index is -3.64. The Labute approximate surface area is 248 Å². The quantitative estimate of drug-likeness (QED) is 0.236. The topological polar surface area (TPSA) is 96.0 Å². The number of nitrogens with zero attached hydrogens (tertiary/aromatic N) is 2. The maximum atomic E-state index is 13.8. The molecule has 3 aromatic carbocycles. The zero-order valence-corrected chi connectivity index (χ0v) is 25.3. The number of unbranched alkanes of at least 4 members (excludes halogenated alkanes) is 1. The van der Waals surface area contributed by atoms with Gasteiger partial charge in [0.25, 0.3) is 0 Å². The highest BCUT2D eigenvalue weighted by Gasteiger charge is 2.30. The molecule has 0 saturated carbocycles. The van der Waals surface area contributed by atoms with Crippen LogP contribution in [-0.2, 0) is 32.6 Å². The van der Waals surface area contributed by atoms with Crippen molar-refractivity contribution in [3.05, 3.63) is 95.8 Å². The molecular formula is C32H40FN3O5S. The molecule has 0 heterocycles. The molecule has 42 heavy (non-hydrogen) atoms. The Morgan fingerprint density at radius 2 is 1.67 bits per heavy atom. The molecule has 8 nitrogen and oxygen atoms in total. The summed E-state index contributed by atoms with van der Waals surface area (Å²) >= 11 is 0. The van der Waals surface area contributed by atoms with Crippen LogP contribution >= 0.6 is 0 Å². The van der Waals surface area contributed by atoms with E-state index >= 15 is 0 Å². The molecule has 0 aliphatic rings. The molecule has 0 spiro atoms. The second-order valence-corrected chi connectivity index (χ2v) is 12.0. The first kappa shape index (κ1) is 32.6. The first-order valence-corrected chi connectivity index (χ1v) is 15.9. The van der Waals surface area contributed by atoms with Gasteiger partial charge in [-0.1, -0.05) is 61.9 Å². The molecule has 3 aromatic rings. The van der Waals surface area contributed by atoms with Crippen molar-refractivity contribution in [1.29, 1.82) is 0 Å². The van der Waals surface area contributed by atoms with Crippen LogP contribution in [0.15, 0.2) is 78.9 Å². The second-order valence-electron chi connectivity index (χ2n) is 10.1. The number of nitrogens with one attached hydrogen (secondary N) is 1. The fraction of sp³-hybridized carbons (Fsp3) is 0.375. The van der Waals surface area contributed by atoms with E-state index in [1.54, 1.807) is 36.4 Å². The van der Waals surface area contributed by atoms with E-state index in [0.717, 1.165) is 24.7 Å². The number of carbonyl (C=O) groups is 2. The number of sulfonamides is 1. The minimum Gasteiger partial charge on any atom is -0.497 e. The molecule has 2 amide bonds. The van der Waals surface area contributed by atoms with Gasteiger partial charge in [0.05, 0.1) is 19.1 Å². The van der Waals surface area contributed by atoms with E-state index in [4.69, 9.17) is 4.74 Å². The lowest BCUT2D eigenvalue weighted by atomic mass is 10.0. The van der Waals surface area contributed by atoms with Crippen molar-refractivity contribution in [2.45, 2.75) is 51.6 Å². The van der Waals surface area contributed by atoms with Gasteiger partial charge in [-0.05, 0) is 48.2 Å². The van der Waals surface area contributed by atoms with Gasteiger partial charge in [-0.3, -0.25) is 13.9 Å². The third-order valence-corrected chi connectivity index (χ3v) is 8.05. The number of ether oxygens (including phenoxy) is 1. The van der Waals surface area contributed by atoms with Gasteiger partial charge < -0.3 is 15.0 Å². The Kier molecular flexibility index (Phi) is 12.3. The standard InChI is InChI=1S/C32H40FN3O5S/c1-4-5-20-34-32(38)30(22-25-11-7-6-8-12-25)35(24-26-16-18-27(33)19-17-26)31(37)15-10-21-36(42(3,39)40)28-13-9-14-29(23-28)41-2/h6-9,11-14,16-19,23,30H,4-5,10,15,20-22,24H2,1-3H3,(H,34,38)/t30-/m1/s1. The van der Waals surface area contributed by atoms with Crippen molar-refractivity contribution in [3.63, 3.8) is 0 Å². The Morgan fingerprint density at radius 1 is 0.952 bits per heavy atom. The number of hydrogen-bond donors (Lipinski definition) is 1. The number of halogens is 1. The van der Waals surface area contributed by atoms with Crippen LogP contribution in [0.3, 0.4) is 0 Å². The summed E-state index contributed by atoms with van der Waals surface area (Å²) in [7, 11) is -2.14. The van der Waals surface area contributed by atoms with Crippen LogP contribution < -0.4 is 14.4 Å². The van der Waals surface area contributed by atoms with Crippen LogP contribution in [0.5, 0.6) is 5.75 Å². The summed E-state index contributed by atoms with van der Waals surface area (Å²) in [5, 5.41) is 2.97. The van der Waals surface area contributed by atoms with Crippen LogP contribution in [0, 0.1) is 5.82 Å². The van der Waals surface area contributed by atoms with E-state index < -0.39 is 21.9 Å². The van der Waals surface area contributed by atoms with Crippen molar-refractivity contribution < 1.29 is 27.1 Å². The summed E-state index contributed by atoms with van der Waals surface area (Å²) in [6, 6.07) is 21.2. The number of benzene rings is 3. The number of hydrogen-bond acceptors (Lipinski definition) is 5. The summed E-state index contributed by atoms with van der Waals surface area (Å²) in [6.45, 7) is 2.68. The number of carbonyl (C=O) groups excluding carboxylic acids is 2. The third kappa shape index (κ3) is 9.87. The first-order chi connectivity index (χ1) is 20.1. The zero-order valence-electron chi connectivity index (χ0n) is 24.5. The third-order valence-electron chi connectivity index (χ3n) is 6.86. The summed E-state index contributed by atoms with van der Waals surface area (Å²) in [5.74, 6) is -0.449. The van der Waals surface area contributed by atoms with Crippen LogP contribution in [0.25, 0.3) is 0 Å². The van der Waals surface area contributed by atoms with Gasteiger partial charge in [0, 0.05) is 38.5 Å². The monoisotopic (exact) mass is 597 g/mol. The highest BCUT2D eigenvalue weighted by Crippen LogP contribution is 2.24. The molecule has 0 saturated heterocycles. The average Bonchev–Trinajstić information content (AvgIpc) is 2.98. The van der Waals surface area contributed by atoms with Crippen LogP contribution in [0.4, 0.5) is 10.1 Å². The Balaban J connectivity index is 1.86. The predicted molar refractivity (Wildman–Crippen MR) is 163 cm³/mol. The van der Waals surface area contributed by atoms with E-state index in [-0.39, 0.29) is 37.7 Å². The number of methoxy groups -OCH3 is 1. The van der Waals surface area contributed by atoms with E-state index in [1.807, 2.05) is 37.3 Å². The molecule has 0 bridgehead atoms. The van der Waals surface area contributed by atoms with Crippen molar-refractivity contribution >= 4 is 27.5 Å². The minimum absolute atomic E-state index is 0.00468. The number of rotatable bonds is 16. The highest BCUT2D eigenvalue weighted by atomic mass is 32.2. The highest BCUT2D eigenvalue weighted by molar-refractivity contribution is 7.92. The van der Waals surface area contributed by atoms with Crippen molar-refractivity contribution in [1.82, 2.24) is 10.2 Å². The summed E-state index contributed by atoms with van der Waals surface area (Å²) in [6.07, 6.45) is 3.35. The predicted octanol–water partition coefficient (Wildman–Crippen LogP) is 4.94. The van der Waals surface area contributed by atoms with Crippen LogP contribution in [-0.4, -0.2) is 57.6 Å². The van der Waals surface area contributed by atoms with Gasteiger partial charge in [-0.25, -0.2) is 12.8 Å². The lowest BCUT2D eigenvalue weighted by molar-refractivity contribution is -0.141. The summed E-state index contributed by atoms with van der Waals surface area (Å²) in [4.78, 5) is 28.9. The Hall–Kier alpha value is -3.92. The number of amides is 2. The van der Waals surface area contributed by atoms with Gasteiger partial charge >= 0.3 is 0 Å². The molecule has 0 aliphatic carbocycles. The molecule has 10 heteroatoms. The summed E-state index contributed by atoms with van der Waals surface area (Å²) < 4.78 is 45.4. The SMILES string of the molecule is CCCCNC(=O)[C@@H](Cc1ccccc1)N(Cc1ccc(F)cc1)C(=O)CCCN(c1cccc(OC)c1)S(C)(=O)=O. The van der Waals surface area contributed by atoms with Crippen LogP contribution in [0.1, 0.15) is 43.7 Å². The number of anilines is 1. The molecular weight excluding hydrogens is 557 g/mol. The fourth-order valence-electron chi connectivity index (χ4n) is 4.62. The van der Waals surface area contributed by atoms with E-state index in [9.17, 15) is 22.4 Å². The normalized spacial score (nSPS) is 11.9. The van der Waals surface area contributed by atoms with Crippen LogP contribution in [0.2, 0.25) is 0 Å². The van der Waals surface area contributed by atoms with Gasteiger partial charge in [0.1, 0.15) is 17.6 Å². The smallest absolute Gasteiger partial charge is 0.243 e. The lowest BCUT2D eigenvalue weighted by Crippen LogP contribution is -2.50. The van der Waals surface area contributed by atoms with Gasteiger partial charge in [0.2, 0.25) is 21.8 Å². The van der Waals surface area contributed by atoms with Gasteiger partial charge in [-0.2, -0.15) is 0 Å². The molecule has 226 valence electrons. The molecule has 0 aromatic heterocycles. The first-order valence-electron chi connectivity index (χ1n) is 14.1. The maximum Gasteiger partial charge on any atom is 0.243 e.